The van der Waals surface area contributed by atoms with E-state index in [0.29, 0.717) is 0 Å². The van der Waals surface area contributed by atoms with Crippen LogP contribution in [0, 0.1) is 0 Å². The van der Waals surface area contributed by atoms with Crippen molar-refractivity contribution in [1.29, 1.82) is 0 Å². The molecule has 1 fully saturated rings. The summed E-state index contributed by atoms with van der Waals surface area (Å²) in [5, 5.41) is 2.99. The van der Waals surface area contributed by atoms with Crippen molar-refractivity contribution in [2.75, 3.05) is 0 Å². The Kier molecular flexibility index (Phi) is 4.28. The molecule has 0 bridgehead atoms. The maximum absolute atomic E-state index is 12.0. The van der Waals surface area contributed by atoms with Gasteiger partial charge in [-0.3, -0.25) is 9.78 Å². The lowest BCUT2D eigenvalue weighted by molar-refractivity contribution is -0.123. The van der Waals surface area contributed by atoms with Gasteiger partial charge >= 0.3 is 0 Å². The number of carbonyl (C=O) groups excluding carboxylic acids is 1. The normalized spacial score (nSPS) is 24.8. The lowest BCUT2D eigenvalue weighted by Gasteiger charge is -2.15. The fourth-order valence-electron chi connectivity index (χ4n) is 1.97. The lowest BCUT2D eigenvalue weighted by Crippen LogP contribution is -2.45. The number of rotatable bonds is 4. The molecule has 0 spiro atoms. The average Bonchev–Trinajstić information content (AvgIpc) is 2.89. The molecule has 1 aromatic rings. The van der Waals surface area contributed by atoms with Crippen LogP contribution in [-0.2, 0) is 4.79 Å². The smallest absolute Gasteiger partial charge is 0.238 e. The van der Waals surface area contributed by atoms with Gasteiger partial charge in [0, 0.05) is 24.5 Å². The van der Waals surface area contributed by atoms with E-state index in [2.05, 4.69) is 28.1 Å². The van der Waals surface area contributed by atoms with Crippen LogP contribution in [-0.4, -0.2) is 23.0 Å². The number of nitrogens with one attached hydrogen (secondary N) is 3. The molecule has 3 N–H and O–H groups in total. The number of aromatic nitrogens is 1. The Balaban J connectivity index is 1.90. The molecule has 1 aliphatic rings. The molecule has 1 amide bonds. The Morgan fingerprint density at radius 2 is 2.44 bits per heavy atom. The zero-order valence-corrected chi connectivity index (χ0v) is 10.8. The highest BCUT2D eigenvalue weighted by Crippen LogP contribution is 2.21. The van der Waals surface area contributed by atoms with Crippen molar-refractivity contribution in [2.24, 2.45) is 0 Å². The van der Waals surface area contributed by atoms with Gasteiger partial charge in [0.1, 0.15) is 6.04 Å². The van der Waals surface area contributed by atoms with E-state index in [0.717, 1.165) is 18.4 Å². The lowest BCUT2D eigenvalue weighted by atomic mass is 10.0. The third kappa shape index (κ3) is 3.05. The van der Waals surface area contributed by atoms with Crippen LogP contribution in [0.2, 0.25) is 0 Å². The fourth-order valence-corrected chi connectivity index (χ4v) is 1.97. The summed E-state index contributed by atoms with van der Waals surface area (Å²) in [7, 11) is 0. The average molecular weight is 248 g/mol. The van der Waals surface area contributed by atoms with E-state index in [4.69, 9.17) is 0 Å². The van der Waals surface area contributed by atoms with Crippen LogP contribution in [0.5, 0.6) is 0 Å². The molecule has 1 aliphatic heterocycles. The second-order valence-corrected chi connectivity index (χ2v) is 4.73. The van der Waals surface area contributed by atoms with Crippen LogP contribution in [0.4, 0.5) is 0 Å². The quantitative estimate of drug-likeness (QED) is 0.741. The van der Waals surface area contributed by atoms with Gasteiger partial charge in [0.05, 0.1) is 0 Å². The van der Waals surface area contributed by atoms with Gasteiger partial charge in [-0.1, -0.05) is 13.0 Å². The van der Waals surface area contributed by atoms with E-state index < -0.39 is 0 Å². The molecular formula is C13H20N4O. The molecule has 98 valence electrons. The van der Waals surface area contributed by atoms with Gasteiger partial charge in [-0.2, -0.15) is 0 Å². The molecule has 1 aromatic heterocycles. The van der Waals surface area contributed by atoms with Gasteiger partial charge in [0.2, 0.25) is 5.91 Å². The Hall–Kier alpha value is -1.46. The Morgan fingerprint density at radius 1 is 1.61 bits per heavy atom. The van der Waals surface area contributed by atoms with Crippen LogP contribution >= 0.6 is 0 Å². The van der Waals surface area contributed by atoms with Gasteiger partial charge in [-0.15, -0.1) is 0 Å². The number of nitrogens with zero attached hydrogens (tertiary/aromatic N) is 1. The standard InChI is InChI=1S/C13H20N4O/c1-3-9(2)15-13(18)12-7-11(16-17-12)10-5-4-6-14-8-10/h4-6,8-9,11-12,16-17H,3,7H2,1-2H3,(H,15,18). The van der Waals surface area contributed by atoms with Crippen molar-refractivity contribution in [2.45, 2.75) is 44.8 Å². The summed E-state index contributed by atoms with van der Waals surface area (Å²) in [6, 6.07) is 4.11. The minimum atomic E-state index is -0.177. The van der Waals surface area contributed by atoms with Gasteiger partial charge in [0.25, 0.3) is 0 Å². The second-order valence-electron chi connectivity index (χ2n) is 4.73. The van der Waals surface area contributed by atoms with E-state index in [9.17, 15) is 4.79 Å². The van der Waals surface area contributed by atoms with Gasteiger partial charge in [-0.05, 0) is 31.4 Å². The molecule has 5 heteroatoms. The summed E-state index contributed by atoms with van der Waals surface area (Å²) in [5.74, 6) is 0.0586. The number of pyridine rings is 1. The first-order valence-corrected chi connectivity index (χ1v) is 6.42. The first-order chi connectivity index (χ1) is 8.70. The van der Waals surface area contributed by atoms with Gasteiger partial charge in [0.15, 0.2) is 0 Å². The van der Waals surface area contributed by atoms with Crippen molar-refractivity contribution in [3.05, 3.63) is 30.1 Å². The summed E-state index contributed by atoms with van der Waals surface area (Å²) >= 11 is 0. The molecule has 2 heterocycles. The molecule has 5 nitrogen and oxygen atoms in total. The maximum atomic E-state index is 12.0. The molecule has 0 aliphatic carbocycles. The largest absolute Gasteiger partial charge is 0.352 e. The molecule has 3 atom stereocenters. The van der Waals surface area contributed by atoms with Crippen LogP contribution in [0.3, 0.4) is 0 Å². The van der Waals surface area contributed by atoms with Crippen molar-refractivity contribution in [3.8, 4) is 0 Å². The summed E-state index contributed by atoms with van der Waals surface area (Å²) in [4.78, 5) is 16.1. The van der Waals surface area contributed by atoms with Gasteiger partial charge < -0.3 is 5.32 Å². The molecule has 3 unspecified atom stereocenters. The van der Waals surface area contributed by atoms with Crippen LogP contribution in [0.25, 0.3) is 0 Å². The van der Waals surface area contributed by atoms with E-state index in [1.807, 2.05) is 25.3 Å². The third-order valence-electron chi connectivity index (χ3n) is 3.31. The van der Waals surface area contributed by atoms with Crippen molar-refractivity contribution in [1.82, 2.24) is 21.2 Å². The monoisotopic (exact) mass is 248 g/mol. The number of carbonyl (C=O) groups is 1. The van der Waals surface area contributed by atoms with E-state index in [1.165, 1.54) is 0 Å². The highest BCUT2D eigenvalue weighted by atomic mass is 16.2. The molecular weight excluding hydrogens is 228 g/mol. The molecule has 0 aromatic carbocycles. The number of hydrazine groups is 1. The molecule has 0 radical (unpaired) electrons. The third-order valence-corrected chi connectivity index (χ3v) is 3.31. The summed E-state index contributed by atoms with van der Waals surface area (Å²) in [5.41, 5.74) is 7.29. The van der Waals surface area contributed by atoms with Crippen molar-refractivity contribution < 1.29 is 4.79 Å². The number of hydrogen-bond donors (Lipinski definition) is 3. The molecule has 2 rings (SSSR count). The van der Waals surface area contributed by atoms with Crippen LogP contribution in [0.1, 0.15) is 38.3 Å². The first kappa shape index (κ1) is 13.0. The number of hydrogen-bond acceptors (Lipinski definition) is 4. The SMILES string of the molecule is CCC(C)NC(=O)C1CC(c2cccnc2)NN1. The highest BCUT2D eigenvalue weighted by molar-refractivity contribution is 5.82. The number of amides is 1. The summed E-state index contributed by atoms with van der Waals surface area (Å²) in [6.07, 6.45) is 5.26. The zero-order valence-electron chi connectivity index (χ0n) is 10.8. The van der Waals surface area contributed by atoms with Crippen LogP contribution in [0.15, 0.2) is 24.5 Å². The topological polar surface area (TPSA) is 66.0 Å². The molecule has 18 heavy (non-hydrogen) atoms. The van der Waals surface area contributed by atoms with Crippen molar-refractivity contribution in [3.63, 3.8) is 0 Å². The zero-order chi connectivity index (χ0) is 13.0. The predicted octanol–water partition coefficient (Wildman–Crippen LogP) is 0.904. The molecule has 0 saturated carbocycles. The summed E-state index contributed by atoms with van der Waals surface area (Å²) in [6.45, 7) is 4.07. The fraction of sp³-hybridized carbons (Fsp3) is 0.538. The minimum Gasteiger partial charge on any atom is -0.352 e. The predicted molar refractivity (Wildman–Crippen MR) is 69.6 cm³/mol. The minimum absolute atomic E-state index is 0.0586. The Labute approximate surface area is 107 Å². The van der Waals surface area contributed by atoms with E-state index >= 15 is 0 Å². The maximum Gasteiger partial charge on any atom is 0.238 e. The van der Waals surface area contributed by atoms with E-state index in [-0.39, 0.29) is 24.0 Å². The van der Waals surface area contributed by atoms with E-state index in [1.54, 1.807) is 6.20 Å². The Bertz CT molecular complexity index is 395. The Morgan fingerprint density at radius 3 is 3.11 bits per heavy atom. The highest BCUT2D eigenvalue weighted by Gasteiger charge is 2.30. The van der Waals surface area contributed by atoms with Gasteiger partial charge in [-0.25, -0.2) is 10.9 Å². The van der Waals surface area contributed by atoms with Crippen LogP contribution < -0.4 is 16.2 Å². The molecule has 1 saturated heterocycles. The second kappa shape index (κ2) is 5.93. The summed E-state index contributed by atoms with van der Waals surface area (Å²) < 4.78 is 0. The first-order valence-electron chi connectivity index (χ1n) is 6.42. The van der Waals surface area contributed by atoms with Crippen molar-refractivity contribution >= 4 is 5.91 Å².